The molecule has 0 radical (unpaired) electrons. The van der Waals surface area contributed by atoms with E-state index >= 15 is 0 Å². The lowest BCUT2D eigenvalue weighted by atomic mass is 10.1. The molecular formula is C15H17N3OS. The summed E-state index contributed by atoms with van der Waals surface area (Å²) in [4.78, 5) is 18.8. The smallest absolute Gasteiger partial charge is 0.272 e. The second-order valence-corrected chi connectivity index (χ2v) is 5.35. The number of aromatic nitrogens is 1. The summed E-state index contributed by atoms with van der Waals surface area (Å²) < 4.78 is 0. The van der Waals surface area contributed by atoms with Crippen LogP contribution in [0.1, 0.15) is 23.8 Å². The molecule has 0 aliphatic heterocycles. The van der Waals surface area contributed by atoms with Gasteiger partial charge in [0, 0.05) is 24.9 Å². The molecule has 2 aromatic rings. The molecule has 1 aromatic heterocycles. The molecule has 0 aliphatic carbocycles. The summed E-state index contributed by atoms with van der Waals surface area (Å²) in [5.41, 5.74) is 6.77. The second-order valence-electron chi connectivity index (χ2n) is 4.82. The summed E-state index contributed by atoms with van der Waals surface area (Å²) in [6, 6.07) is 11.3. The number of hydrogen-bond acceptors (Lipinski definition) is 3. The molecule has 1 amide bonds. The number of nitrogens with two attached hydrogens (primary N) is 1. The predicted octanol–water partition coefficient (Wildman–Crippen LogP) is 2.37. The third-order valence-electron chi connectivity index (χ3n) is 3.30. The average Bonchev–Trinajstić information content (AvgIpc) is 2.44. The number of pyridine rings is 1. The molecule has 4 nitrogen and oxygen atoms in total. The van der Waals surface area contributed by atoms with E-state index in [1.54, 1.807) is 18.0 Å². The van der Waals surface area contributed by atoms with Crippen LogP contribution < -0.4 is 5.73 Å². The molecule has 0 bridgehead atoms. The lowest BCUT2D eigenvalue weighted by molar-refractivity contribution is 0.0742. The number of thiocarbonyl (C=S) groups is 1. The van der Waals surface area contributed by atoms with Crippen LogP contribution in [0.2, 0.25) is 0 Å². The average molecular weight is 287 g/mol. The highest BCUT2D eigenvalue weighted by Gasteiger charge is 2.19. The SMILES string of the molecule is CC(CC(N)=S)N(C)C(=O)c1ccc2ccccc2n1. The summed E-state index contributed by atoms with van der Waals surface area (Å²) in [7, 11) is 1.74. The molecular weight excluding hydrogens is 270 g/mol. The fraction of sp³-hybridized carbons (Fsp3) is 0.267. The second kappa shape index (κ2) is 5.96. The molecule has 5 heteroatoms. The maximum Gasteiger partial charge on any atom is 0.272 e. The van der Waals surface area contributed by atoms with Crippen LogP contribution >= 0.6 is 12.2 Å². The first kappa shape index (κ1) is 14.4. The molecule has 1 atom stereocenters. The monoisotopic (exact) mass is 287 g/mol. The predicted molar refractivity (Wildman–Crippen MR) is 84.7 cm³/mol. The zero-order valence-corrected chi connectivity index (χ0v) is 12.4. The molecule has 1 aromatic carbocycles. The van der Waals surface area contributed by atoms with Crippen molar-refractivity contribution in [1.82, 2.24) is 9.88 Å². The molecule has 2 rings (SSSR count). The number of hydrogen-bond donors (Lipinski definition) is 1. The Balaban J connectivity index is 2.24. The fourth-order valence-electron chi connectivity index (χ4n) is 1.99. The standard InChI is InChI=1S/C15H17N3OS/c1-10(9-14(16)20)18(2)15(19)13-8-7-11-5-3-4-6-12(11)17-13/h3-8,10H,9H2,1-2H3,(H2,16,20). The highest BCUT2D eigenvalue weighted by atomic mass is 32.1. The van der Waals surface area contributed by atoms with Gasteiger partial charge in [-0.15, -0.1) is 0 Å². The van der Waals surface area contributed by atoms with Crippen LogP contribution in [-0.2, 0) is 0 Å². The molecule has 1 unspecified atom stereocenters. The topological polar surface area (TPSA) is 59.2 Å². The zero-order valence-electron chi connectivity index (χ0n) is 11.5. The van der Waals surface area contributed by atoms with Crippen molar-refractivity contribution in [1.29, 1.82) is 0 Å². The summed E-state index contributed by atoms with van der Waals surface area (Å²) >= 11 is 4.88. The van der Waals surface area contributed by atoms with E-state index in [0.29, 0.717) is 17.1 Å². The third kappa shape index (κ3) is 3.11. The van der Waals surface area contributed by atoms with Gasteiger partial charge in [0.2, 0.25) is 0 Å². The lowest BCUT2D eigenvalue weighted by Gasteiger charge is -2.24. The van der Waals surface area contributed by atoms with Crippen LogP contribution in [-0.4, -0.2) is 33.9 Å². The van der Waals surface area contributed by atoms with E-state index in [2.05, 4.69) is 4.98 Å². The number of rotatable bonds is 4. The van der Waals surface area contributed by atoms with Gasteiger partial charge in [-0.05, 0) is 19.1 Å². The van der Waals surface area contributed by atoms with Crippen molar-refractivity contribution in [3.05, 3.63) is 42.1 Å². The summed E-state index contributed by atoms with van der Waals surface area (Å²) in [6.07, 6.45) is 0.505. The maximum atomic E-state index is 12.4. The minimum Gasteiger partial charge on any atom is -0.393 e. The molecule has 0 aliphatic rings. The maximum absolute atomic E-state index is 12.4. The van der Waals surface area contributed by atoms with Crippen molar-refractivity contribution < 1.29 is 4.79 Å². The van der Waals surface area contributed by atoms with E-state index < -0.39 is 0 Å². The Hall–Kier alpha value is -2.01. The van der Waals surface area contributed by atoms with Crippen molar-refractivity contribution in [3.8, 4) is 0 Å². The summed E-state index contributed by atoms with van der Waals surface area (Å²) in [6.45, 7) is 1.91. The lowest BCUT2D eigenvalue weighted by Crippen LogP contribution is -2.37. The Morgan fingerprint density at radius 2 is 2.05 bits per heavy atom. The summed E-state index contributed by atoms with van der Waals surface area (Å²) in [5, 5.41) is 1.02. The molecule has 0 spiro atoms. The van der Waals surface area contributed by atoms with Gasteiger partial charge in [0.1, 0.15) is 5.69 Å². The first-order valence-corrected chi connectivity index (χ1v) is 6.81. The van der Waals surface area contributed by atoms with E-state index in [-0.39, 0.29) is 11.9 Å². The number of benzene rings is 1. The third-order valence-corrected chi connectivity index (χ3v) is 3.46. The molecule has 2 N–H and O–H groups in total. The highest BCUT2D eigenvalue weighted by Crippen LogP contribution is 2.14. The normalized spacial score (nSPS) is 12.1. The summed E-state index contributed by atoms with van der Waals surface area (Å²) in [5.74, 6) is -0.125. The number of fused-ring (bicyclic) bond motifs is 1. The largest absolute Gasteiger partial charge is 0.393 e. The van der Waals surface area contributed by atoms with Crippen LogP contribution in [0, 0.1) is 0 Å². The van der Waals surface area contributed by atoms with E-state index in [1.807, 2.05) is 37.3 Å². The number of carbonyl (C=O) groups excluding carboxylic acids is 1. The van der Waals surface area contributed by atoms with Crippen LogP contribution in [0.15, 0.2) is 36.4 Å². The fourth-order valence-corrected chi connectivity index (χ4v) is 2.24. The Labute approximate surface area is 123 Å². The minimum absolute atomic E-state index is 0.0479. The Morgan fingerprint density at radius 1 is 1.35 bits per heavy atom. The van der Waals surface area contributed by atoms with Crippen molar-refractivity contribution in [2.45, 2.75) is 19.4 Å². The molecule has 104 valence electrons. The number of amides is 1. The molecule has 0 saturated heterocycles. The van der Waals surface area contributed by atoms with Crippen LogP contribution in [0.25, 0.3) is 10.9 Å². The zero-order chi connectivity index (χ0) is 14.7. The van der Waals surface area contributed by atoms with Crippen LogP contribution in [0.3, 0.4) is 0 Å². The van der Waals surface area contributed by atoms with E-state index in [4.69, 9.17) is 18.0 Å². The van der Waals surface area contributed by atoms with Gasteiger partial charge >= 0.3 is 0 Å². The minimum atomic E-state index is -0.125. The van der Waals surface area contributed by atoms with Crippen molar-refractivity contribution >= 4 is 34.0 Å². The Kier molecular flexibility index (Phi) is 4.29. The Morgan fingerprint density at radius 3 is 2.75 bits per heavy atom. The van der Waals surface area contributed by atoms with Gasteiger partial charge < -0.3 is 10.6 Å². The molecule has 0 fully saturated rings. The highest BCUT2D eigenvalue weighted by molar-refractivity contribution is 7.80. The Bertz CT molecular complexity index is 656. The van der Waals surface area contributed by atoms with Crippen molar-refractivity contribution in [3.63, 3.8) is 0 Å². The van der Waals surface area contributed by atoms with Gasteiger partial charge in [-0.1, -0.05) is 36.5 Å². The molecule has 0 saturated carbocycles. The first-order chi connectivity index (χ1) is 9.49. The van der Waals surface area contributed by atoms with Gasteiger partial charge in [-0.2, -0.15) is 0 Å². The van der Waals surface area contributed by atoms with Gasteiger partial charge in [-0.3, -0.25) is 4.79 Å². The van der Waals surface area contributed by atoms with E-state index in [9.17, 15) is 4.79 Å². The number of nitrogens with zero attached hydrogens (tertiary/aromatic N) is 2. The first-order valence-electron chi connectivity index (χ1n) is 6.40. The van der Waals surface area contributed by atoms with Crippen LogP contribution in [0.5, 0.6) is 0 Å². The van der Waals surface area contributed by atoms with E-state index in [0.717, 1.165) is 10.9 Å². The van der Waals surface area contributed by atoms with Gasteiger partial charge in [0.25, 0.3) is 5.91 Å². The van der Waals surface area contributed by atoms with Crippen molar-refractivity contribution in [2.24, 2.45) is 5.73 Å². The van der Waals surface area contributed by atoms with E-state index in [1.165, 1.54) is 0 Å². The quantitative estimate of drug-likeness (QED) is 0.877. The molecule has 1 heterocycles. The number of para-hydroxylation sites is 1. The number of carbonyl (C=O) groups is 1. The van der Waals surface area contributed by atoms with Crippen LogP contribution in [0.4, 0.5) is 0 Å². The van der Waals surface area contributed by atoms with Gasteiger partial charge in [0.15, 0.2) is 0 Å². The molecule has 20 heavy (non-hydrogen) atoms. The van der Waals surface area contributed by atoms with Crippen molar-refractivity contribution in [2.75, 3.05) is 7.05 Å². The van der Waals surface area contributed by atoms with Gasteiger partial charge in [0.05, 0.1) is 10.5 Å². The van der Waals surface area contributed by atoms with Gasteiger partial charge in [-0.25, -0.2) is 4.98 Å².